The molecule has 0 saturated carbocycles. The maximum Gasteiger partial charge on any atom is 0.182 e. The number of aromatic nitrogens is 6. The van der Waals surface area contributed by atoms with Gasteiger partial charge >= 0.3 is 0 Å². The summed E-state index contributed by atoms with van der Waals surface area (Å²) < 4.78 is 43.0. The number of imidazole rings is 1. The molecule has 2 N–H and O–H groups in total. The van der Waals surface area contributed by atoms with Crippen molar-refractivity contribution in [2.24, 2.45) is 0 Å². The fraction of sp³-hybridized carbons (Fsp3) is 0.0870. The molecule has 1 aromatic carbocycles. The van der Waals surface area contributed by atoms with Gasteiger partial charge in [-0.15, -0.1) is 0 Å². The summed E-state index contributed by atoms with van der Waals surface area (Å²) in [5, 5.41) is 4.25. The van der Waals surface area contributed by atoms with Crippen LogP contribution in [0.1, 0.15) is 17.0 Å². The lowest BCUT2D eigenvalue weighted by molar-refractivity contribution is 0.486. The molecule has 33 heavy (non-hydrogen) atoms. The van der Waals surface area contributed by atoms with Crippen molar-refractivity contribution >= 4 is 11.3 Å². The highest BCUT2D eigenvalue weighted by molar-refractivity contribution is 5.79. The van der Waals surface area contributed by atoms with Crippen molar-refractivity contribution in [3.8, 4) is 22.6 Å². The second-order valence-electron chi connectivity index (χ2n) is 7.42. The predicted octanol–water partition coefficient (Wildman–Crippen LogP) is 4.15. The molecule has 4 heterocycles. The number of pyridine rings is 1. The zero-order chi connectivity index (χ0) is 23.1. The van der Waals surface area contributed by atoms with E-state index in [0.29, 0.717) is 22.8 Å². The van der Waals surface area contributed by atoms with E-state index in [-0.39, 0.29) is 29.5 Å². The molecule has 0 saturated heterocycles. The van der Waals surface area contributed by atoms with E-state index in [2.05, 4.69) is 25.0 Å². The summed E-state index contributed by atoms with van der Waals surface area (Å²) >= 11 is 0. The van der Waals surface area contributed by atoms with Crippen molar-refractivity contribution in [1.29, 1.82) is 0 Å². The van der Waals surface area contributed by atoms with Gasteiger partial charge in [-0.2, -0.15) is 5.10 Å². The van der Waals surface area contributed by atoms with Crippen LogP contribution in [0.25, 0.3) is 28.2 Å². The Morgan fingerprint density at radius 1 is 1.00 bits per heavy atom. The second kappa shape index (κ2) is 7.97. The van der Waals surface area contributed by atoms with Crippen LogP contribution in [0.4, 0.5) is 19.0 Å². The highest BCUT2D eigenvalue weighted by atomic mass is 19.2. The number of rotatable bonds is 4. The summed E-state index contributed by atoms with van der Waals surface area (Å²) in [6.07, 6.45) is 6.29. The molecule has 0 amide bonds. The van der Waals surface area contributed by atoms with Crippen LogP contribution < -0.4 is 5.73 Å². The number of fused-ring (bicyclic) bond motifs is 1. The Morgan fingerprint density at radius 2 is 1.85 bits per heavy atom. The first kappa shape index (κ1) is 20.6. The molecule has 0 spiro atoms. The van der Waals surface area contributed by atoms with Gasteiger partial charge < -0.3 is 5.73 Å². The monoisotopic (exact) mass is 447 g/mol. The molecule has 0 aliphatic carbocycles. The van der Waals surface area contributed by atoms with Crippen molar-refractivity contribution in [2.45, 2.75) is 13.3 Å². The molecule has 7 nitrogen and oxygen atoms in total. The topological polar surface area (TPSA) is 94.9 Å². The van der Waals surface area contributed by atoms with Gasteiger partial charge in [0.05, 0.1) is 5.52 Å². The first-order valence-electron chi connectivity index (χ1n) is 9.92. The van der Waals surface area contributed by atoms with Crippen LogP contribution >= 0.6 is 0 Å². The average Bonchev–Trinajstić information content (AvgIpc) is 3.16. The van der Waals surface area contributed by atoms with Gasteiger partial charge in [0.1, 0.15) is 23.2 Å². The SMILES string of the molecule is Cc1ccncc1-c1cnc(-c2nc(Cc3cc(F)cc(F)c3F)n3ncccc23)nc1N. The van der Waals surface area contributed by atoms with Crippen molar-refractivity contribution in [1.82, 2.24) is 29.5 Å². The third kappa shape index (κ3) is 3.65. The summed E-state index contributed by atoms with van der Waals surface area (Å²) in [5.41, 5.74) is 9.34. The number of halogens is 3. The molecule has 164 valence electrons. The average molecular weight is 447 g/mol. The number of hydrogen-bond acceptors (Lipinski definition) is 6. The molecule has 4 aromatic heterocycles. The van der Waals surface area contributed by atoms with Gasteiger partial charge in [0.2, 0.25) is 0 Å². The van der Waals surface area contributed by atoms with Crippen LogP contribution in [0.5, 0.6) is 0 Å². The van der Waals surface area contributed by atoms with Gasteiger partial charge in [0.15, 0.2) is 17.5 Å². The van der Waals surface area contributed by atoms with E-state index in [4.69, 9.17) is 5.73 Å². The summed E-state index contributed by atoms with van der Waals surface area (Å²) in [6, 6.07) is 6.72. The smallest absolute Gasteiger partial charge is 0.182 e. The van der Waals surface area contributed by atoms with Gasteiger partial charge in [-0.25, -0.2) is 32.6 Å². The Bertz CT molecular complexity index is 1510. The van der Waals surface area contributed by atoms with Gasteiger partial charge in [0, 0.05) is 54.0 Å². The zero-order valence-electron chi connectivity index (χ0n) is 17.3. The lowest BCUT2D eigenvalue weighted by Gasteiger charge is -2.08. The summed E-state index contributed by atoms with van der Waals surface area (Å²) in [6.45, 7) is 1.93. The molecular weight excluding hydrogens is 431 g/mol. The van der Waals surface area contributed by atoms with Gasteiger partial charge in [-0.05, 0) is 36.8 Å². The van der Waals surface area contributed by atoms with E-state index in [1.165, 1.54) is 10.7 Å². The summed E-state index contributed by atoms with van der Waals surface area (Å²) in [7, 11) is 0. The molecule has 0 aliphatic heterocycles. The van der Waals surface area contributed by atoms with Crippen molar-refractivity contribution < 1.29 is 13.2 Å². The van der Waals surface area contributed by atoms with Crippen LogP contribution in [0.2, 0.25) is 0 Å². The lowest BCUT2D eigenvalue weighted by Crippen LogP contribution is -2.03. The molecule has 0 radical (unpaired) electrons. The quantitative estimate of drug-likeness (QED) is 0.416. The Labute approximate surface area is 185 Å². The van der Waals surface area contributed by atoms with Crippen LogP contribution in [0.3, 0.4) is 0 Å². The number of aryl methyl sites for hydroxylation is 1. The van der Waals surface area contributed by atoms with Crippen LogP contribution in [-0.4, -0.2) is 29.5 Å². The standard InChI is InChI=1S/C23H16F3N7/c1-12-4-6-28-10-15(12)16-11-29-23(32-22(16)27)21-18-3-2-5-30-33(18)19(31-21)8-13-7-14(24)9-17(25)20(13)26/h2-7,9-11H,8H2,1H3,(H2,27,29,32). The van der Waals surface area contributed by atoms with Crippen LogP contribution in [0, 0.1) is 24.4 Å². The van der Waals surface area contributed by atoms with Crippen molar-refractivity contribution in [3.63, 3.8) is 0 Å². The summed E-state index contributed by atoms with van der Waals surface area (Å²) in [4.78, 5) is 17.5. The minimum atomic E-state index is -1.27. The third-order valence-electron chi connectivity index (χ3n) is 5.25. The fourth-order valence-electron chi connectivity index (χ4n) is 3.64. The molecule has 0 atom stereocenters. The fourth-order valence-corrected chi connectivity index (χ4v) is 3.64. The van der Waals surface area contributed by atoms with Crippen molar-refractivity contribution in [2.75, 3.05) is 5.73 Å². The maximum absolute atomic E-state index is 14.2. The highest BCUT2D eigenvalue weighted by Gasteiger charge is 2.20. The maximum atomic E-state index is 14.2. The zero-order valence-corrected chi connectivity index (χ0v) is 17.3. The molecule has 0 aliphatic rings. The lowest BCUT2D eigenvalue weighted by atomic mass is 10.1. The molecule has 0 unspecified atom stereocenters. The van der Waals surface area contributed by atoms with E-state index in [1.54, 1.807) is 30.7 Å². The molecular formula is C23H16F3N7. The highest BCUT2D eigenvalue weighted by Crippen LogP contribution is 2.29. The first-order valence-corrected chi connectivity index (χ1v) is 9.92. The van der Waals surface area contributed by atoms with Crippen LogP contribution in [0.15, 0.2) is 55.1 Å². The van der Waals surface area contributed by atoms with E-state index in [1.807, 2.05) is 13.0 Å². The molecule has 5 aromatic rings. The Balaban J connectivity index is 1.61. The largest absolute Gasteiger partial charge is 0.383 e. The first-order chi connectivity index (χ1) is 15.9. The van der Waals surface area contributed by atoms with Crippen LogP contribution in [-0.2, 0) is 6.42 Å². The number of anilines is 1. The van der Waals surface area contributed by atoms with E-state index >= 15 is 0 Å². The van der Waals surface area contributed by atoms with E-state index in [9.17, 15) is 13.2 Å². The van der Waals surface area contributed by atoms with E-state index in [0.717, 1.165) is 17.2 Å². The number of nitrogens with zero attached hydrogens (tertiary/aromatic N) is 6. The molecule has 0 bridgehead atoms. The number of nitrogen functional groups attached to an aromatic ring is 1. The minimum absolute atomic E-state index is 0.181. The summed E-state index contributed by atoms with van der Waals surface area (Å²) in [5.74, 6) is -2.55. The Hall–Kier alpha value is -4.34. The van der Waals surface area contributed by atoms with Gasteiger partial charge in [-0.1, -0.05) is 0 Å². The molecule has 0 fully saturated rings. The van der Waals surface area contributed by atoms with E-state index < -0.39 is 17.5 Å². The normalized spacial score (nSPS) is 11.3. The Morgan fingerprint density at radius 3 is 2.64 bits per heavy atom. The number of hydrogen-bond donors (Lipinski definition) is 1. The minimum Gasteiger partial charge on any atom is -0.383 e. The molecule has 5 rings (SSSR count). The predicted molar refractivity (Wildman–Crippen MR) is 116 cm³/mol. The van der Waals surface area contributed by atoms with Crippen molar-refractivity contribution in [3.05, 3.63) is 89.5 Å². The van der Waals surface area contributed by atoms with Gasteiger partial charge in [-0.3, -0.25) is 4.98 Å². The van der Waals surface area contributed by atoms with Gasteiger partial charge in [0.25, 0.3) is 0 Å². The number of benzene rings is 1. The third-order valence-corrected chi connectivity index (χ3v) is 5.25. The molecule has 10 heteroatoms. The second-order valence-corrected chi connectivity index (χ2v) is 7.42. The number of nitrogens with two attached hydrogens (primary N) is 1. The Kier molecular flexibility index (Phi) is 4.97.